The molecule has 1 amide bonds. The molecule has 4 nitrogen and oxygen atoms in total. The standard InChI is InChI=1S/C16H24N2O2/c1-13-6-7-14(20-13)11-18-10-4-9-16(12-18)8-3-5-15(19)17(16)2/h6-7H,3-5,8-12H2,1-2H3/t16-/m0/s1. The van der Waals surface area contributed by atoms with E-state index in [4.69, 9.17) is 4.42 Å². The Bertz CT molecular complexity index is 492. The summed E-state index contributed by atoms with van der Waals surface area (Å²) in [6.07, 6.45) is 5.20. The lowest BCUT2D eigenvalue weighted by molar-refractivity contribution is -0.143. The molecule has 2 aliphatic heterocycles. The minimum Gasteiger partial charge on any atom is -0.465 e. The van der Waals surface area contributed by atoms with Gasteiger partial charge in [0, 0.05) is 20.0 Å². The smallest absolute Gasteiger partial charge is 0.222 e. The number of hydrogen-bond acceptors (Lipinski definition) is 3. The molecule has 1 spiro atoms. The van der Waals surface area contributed by atoms with Crippen molar-refractivity contribution in [1.82, 2.24) is 9.80 Å². The van der Waals surface area contributed by atoms with E-state index < -0.39 is 0 Å². The highest BCUT2D eigenvalue weighted by Crippen LogP contribution is 2.36. The third kappa shape index (κ3) is 2.49. The minimum atomic E-state index is 0.0647. The summed E-state index contributed by atoms with van der Waals surface area (Å²) in [4.78, 5) is 16.5. The number of hydrogen-bond donors (Lipinski definition) is 0. The van der Waals surface area contributed by atoms with Gasteiger partial charge in [-0.05, 0) is 51.3 Å². The van der Waals surface area contributed by atoms with E-state index in [1.54, 1.807) is 0 Å². The Balaban J connectivity index is 1.71. The maximum Gasteiger partial charge on any atom is 0.222 e. The summed E-state index contributed by atoms with van der Waals surface area (Å²) in [6.45, 7) is 4.92. The van der Waals surface area contributed by atoms with Gasteiger partial charge in [-0.2, -0.15) is 0 Å². The van der Waals surface area contributed by atoms with Gasteiger partial charge in [0.1, 0.15) is 11.5 Å². The van der Waals surface area contributed by atoms with Crippen LogP contribution in [-0.4, -0.2) is 41.4 Å². The van der Waals surface area contributed by atoms with Gasteiger partial charge < -0.3 is 9.32 Å². The Labute approximate surface area is 120 Å². The van der Waals surface area contributed by atoms with Gasteiger partial charge in [-0.1, -0.05) is 0 Å². The molecule has 0 saturated carbocycles. The second kappa shape index (κ2) is 5.24. The van der Waals surface area contributed by atoms with Gasteiger partial charge in [0.05, 0.1) is 12.1 Å². The van der Waals surface area contributed by atoms with Crippen molar-refractivity contribution in [2.75, 3.05) is 20.1 Å². The molecule has 3 rings (SSSR count). The van der Waals surface area contributed by atoms with Crippen molar-refractivity contribution in [3.8, 4) is 0 Å². The van der Waals surface area contributed by atoms with E-state index in [0.717, 1.165) is 63.3 Å². The fourth-order valence-electron chi connectivity index (χ4n) is 3.78. The first-order valence-corrected chi connectivity index (χ1v) is 7.63. The number of nitrogens with zero attached hydrogens (tertiary/aromatic N) is 2. The van der Waals surface area contributed by atoms with Gasteiger partial charge in [-0.25, -0.2) is 0 Å². The van der Waals surface area contributed by atoms with Crippen LogP contribution in [0.1, 0.15) is 43.6 Å². The summed E-state index contributed by atoms with van der Waals surface area (Å²) >= 11 is 0. The summed E-state index contributed by atoms with van der Waals surface area (Å²) in [7, 11) is 1.99. The van der Waals surface area contributed by atoms with Crippen LogP contribution < -0.4 is 0 Å². The third-order valence-corrected chi connectivity index (χ3v) is 4.93. The lowest BCUT2D eigenvalue weighted by Crippen LogP contribution is -2.60. The monoisotopic (exact) mass is 276 g/mol. The summed E-state index contributed by atoms with van der Waals surface area (Å²) in [5, 5.41) is 0. The Hall–Kier alpha value is -1.29. The molecular formula is C16H24N2O2. The predicted molar refractivity (Wildman–Crippen MR) is 77.3 cm³/mol. The van der Waals surface area contributed by atoms with Crippen molar-refractivity contribution in [3.63, 3.8) is 0 Å². The molecule has 3 heterocycles. The Morgan fingerprint density at radius 2 is 2.10 bits per heavy atom. The summed E-state index contributed by atoms with van der Waals surface area (Å²) in [5.74, 6) is 2.31. The van der Waals surface area contributed by atoms with Gasteiger partial charge in [0.25, 0.3) is 0 Å². The van der Waals surface area contributed by atoms with Gasteiger partial charge in [0.15, 0.2) is 0 Å². The van der Waals surface area contributed by atoms with Crippen LogP contribution in [-0.2, 0) is 11.3 Å². The summed E-state index contributed by atoms with van der Waals surface area (Å²) < 4.78 is 5.69. The second-order valence-electron chi connectivity index (χ2n) is 6.36. The van der Waals surface area contributed by atoms with Crippen LogP contribution in [0.25, 0.3) is 0 Å². The van der Waals surface area contributed by atoms with Gasteiger partial charge in [0.2, 0.25) is 5.91 Å². The van der Waals surface area contributed by atoms with Crippen LogP contribution in [0.5, 0.6) is 0 Å². The average molecular weight is 276 g/mol. The van der Waals surface area contributed by atoms with E-state index in [0.29, 0.717) is 5.91 Å². The molecule has 0 radical (unpaired) electrons. The maximum absolute atomic E-state index is 12.0. The number of amides is 1. The molecule has 2 saturated heterocycles. The zero-order valence-corrected chi connectivity index (χ0v) is 12.5. The van der Waals surface area contributed by atoms with Crippen LogP contribution in [0.2, 0.25) is 0 Å². The van der Waals surface area contributed by atoms with Crippen LogP contribution in [0.3, 0.4) is 0 Å². The highest BCUT2D eigenvalue weighted by Gasteiger charge is 2.43. The largest absolute Gasteiger partial charge is 0.465 e. The number of rotatable bonds is 2. The molecule has 1 atom stereocenters. The average Bonchev–Trinajstić information content (AvgIpc) is 2.82. The summed E-state index contributed by atoms with van der Waals surface area (Å²) in [5.41, 5.74) is 0.0647. The lowest BCUT2D eigenvalue weighted by Gasteiger charge is -2.50. The van der Waals surface area contributed by atoms with Crippen molar-refractivity contribution < 1.29 is 9.21 Å². The number of likely N-dealkylation sites (tertiary alicyclic amines) is 2. The van der Waals surface area contributed by atoms with Gasteiger partial charge in [-0.15, -0.1) is 0 Å². The molecule has 0 aromatic carbocycles. The second-order valence-corrected chi connectivity index (χ2v) is 6.36. The maximum atomic E-state index is 12.0. The Kier molecular flexibility index (Phi) is 3.59. The van der Waals surface area contributed by atoms with Crippen LogP contribution in [0, 0.1) is 6.92 Å². The Morgan fingerprint density at radius 3 is 2.85 bits per heavy atom. The van der Waals surface area contributed by atoms with E-state index in [1.165, 1.54) is 0 Å². The van der Waals surface area contributed by atoms with Gasteiger partial charge >= 0.3 is 0 Å². The first kappa shape index (κ1) is 13.7. The van der Waals surface area contributed by atoms with Crippen molar-refractivity contribution in [1.29, 1.82) is 0 Å². The van der Waals surface area contributed by atoms with Crippen LogP contribution in [0.4, 0.5) is 0 Å². The fourth-order valence-corrected chi connectivity index (χ4v) is 3.78. The zero-order valence-electron chi connectivity index (χ0n) is 12.5. The zero-order chi connectivity index (χ0) is 14.2. The highest BCUT2D eigenvalue weighted by molar-refractivity contribution is 5.77. The molecule has 0 N–H and O–H groups in total. The van der Waals surface area contributed by atoms with Gasteiger partial charge in [-0.3, -0.25) is 9.69 Å². The van der Waals surface area contributed by atoms with E-state index in [2.05, 4.69) is 11.0 Å². The van der Waals surface area contributed by atoms with Crippen molar-refractivity contribution in [2.24, 2.45) is 0 Å². The van der Waals surface area contributed by atoms with E-state index in [1.807, 2.05) is 24.9 Å². The normalized spacial score (nSPS) is 28.3. The molecule has 4 heteroatoms. The molecule has 0 unspecified atom stereocenters. The number of piperidine rings is 2. The number of likely N-dealkylation sites (N-methyl/N-ethyl adjacent to an activating group) is 1. The van der Waals surface area contributed by atoms with Crippen molar-refractivity contribution in [2.45, 2.75) is 51.1 Å². The molecule has 1 aromatic rings. The third-order valence-electron chi connectivity index (χ3n) is 4.93. The first-order valence-electron chi connectivity index (χ1n) is 7.63. The number of carbonyl (C=O) groups excluding carboxylic acids is 1. The highest BCUT2D eigenvalue weighted by atomic mass is 16.3. The molecule has 1 aromatic heterocycles. The quantitative estimate of drug-likeness (QED) is 0.833. The van der Waals surface area contributed by atoms with Crippen LogP contribution in [0.15, 0.2) is 16.5 Å². The molecule has 110 valence electrons. The predicted octanol–water partition coefficient (Wildman–Crippen LogP) is 2.56. The molecular weight excluding hydrogens is 252 g/mol. The molecule has 2 aliphatic rings. The summed E-state index contributed by atoms with van der Waals surface area (Å²) in [6, 6.07) is 4.08. The number of furan rings is 1. The molecule has 20 heavy (non-hydrogen) atoms. The molecule has 0 bridgehead atoms. The van der Waals surface area contributed by atoms with Crippen molar-refractivity contribution in [3.05, 3.63) is 23.7 Å². The Morgan fingerprint density at radius 1 is 1.30 bits per heavy atom. The molecule has 0 aliphatic carbocycles. The minimum absolute atomic E-state index is 0.0647. The lowest BCUT2D eigenvalue weighted by atomic mass is 9.80. The number of aryl methyl sites for hydroxylation is 1. The topological polar surface area (TPSA) is 36.7 Å². The van der Waals surface area contributed by atoms with E-state index in [-0.39, 0.29) is 5.54 Å². The van der Waals surface area contributed by atoms with E-state index >= 15 is 0 Å². The van der Waals surface area contributed by atoms with Crippen molar-refractivity contribution >= 4 is 5.91 Å². The van der Waals surface area contributed by atoms with E-state index in [9.17, 15) is 4.79 Å². The first-order chi connectivity index (χ1) is 9.59. The molecule has 2 fully saturated rings. The SMILES string of the molecule is Cc1ccc(CN2CCC[C@@]3(CCCC(=O)N3C)C2)o1. The van der Waals surface area contributed by atoms with Crippen LogP contribution >= 0.6 is 0 Å². The number of carbonyl (C=O) groups is 1. The fraction of sp³-hybridized carbons (Fsp3) is 0.688.